The monoisotopic (exact) mass is 426 g/mol. The summed E-state index contributed by atoms with van der Waals surface area (Å²) in [5.41, 5.74) is 1.51. The van der Waals surface area contributed by atoms with Crippen molar-refractivity contribution in [1.82, 2.24) is 4.98 Å². The van der Waals surface area contributed by atoms with Crippen molar-refractivity contribution in [1.29, 1.82) is 0 Å². The lowest BCUT2D eigenvalue weighted by Crippen LogP contribution is -2.33. The molecule has 3 N–H and O–H groups in total. The van der Waals surface area contributed by atoms with Gasteiger partial charge in [0.25, 0.3) is 11.5 Å². The van der Waals surface area contributed by atoms with Crippen molar-refractivity contribution in [3.05, 3.63) is 51.9 Å². The first-order chi connectivity index (χ1) is 14.1. The molecule has 1 amide bonds. The molecule has 2 aromatic rings. The first kappa shape index (κ1) is 21.8. The van der Waals surface area contributed by atoms with Gasteiger partial charge in [-0.2, -0.15) is 13.2 Å². The number of halogens is 3. The van der Waals surface area contributed by atoms with Crippen molar-refractivity contribution >= 4 is 5.91 Å². The summed E-state index contributed by atoms with van der Waals surface area (Å²) in [4.78, 5) is 24.9. The van der Waals surface area contributed by atoms with Gasteiger partial charge < -0.3 is 24.9 Å². The summed E-state index contributed by atoms with van der Waals surface area (Å²) in [6.07, 6.45) is -4.83. The van der Waals surface area contributed by atoms with E-state index in [-0.39, 0.29) is 16.5 Å². The van der Waals surface area contributed by atoms with Crippen molar-refractivity contribution in [3.8, 4) is 16.9 Å². The first-order valence-corrected chi connectivity index (χ1v) is 9.12. The average Bonchev–Trinajstić information content (AvgIpc) is 2.91. The zero-order valence-corrected chi connectivity index (χ0v) is 16.2. The molecule has 0 aliphatic carbocycles. The Morgan fingerprint density at radius 1 is 1.20 bits per heavy atom. The summed E-state index contributed by atoms with van der Waals surface area (Å²) in [6.45, 7) is 4.20. The van der Waals surface area contributed by atoms with E-state index in [9.17, 15) is 22.8 Å². The molecule has 1 saturated heterocycles. The topological polar surface area (TPSA) is 104 Å². The Kier molecular flexibility index (Phi) is 6.18. The van der Waals surface area contributed by atoms with Gasteiger partial charge in [0.05, 0.1) is 33.0 Å². The summed E-state index contributed by atoms with van der Waals surface area (Å²) < 4.78 is 56.9. The molecule has 10 heteroatoms. The molecule has 30 heavy (non-hydrogen) atoms. The number of H-pyrrole nitrogens is 1. The molecular weight excluding hydrogens is 405 g/mol. The molecule has 1 aromatic heterocycles. The van der Waals surface area contributed by atoms with Crippen LogP contribution in [-0.2, 0) is 15.7 Å². The summed E-state index contributed by atoms with van der Waals surface area (Å²) in [5, 5.41) is 0. The highest BCUT2D eigenvalue weighted by atomic mass is 19.4. The maximum Gasteiger partial charge on any atom is 0.431 e. The van der Waals surface area contributed by atoms with Crippen LogP contribution in [0.5, 0.6) is 5.75 Å². The maximum atomic E-state index is 13.4. The number of rotatable bonds is 5. The van der Waals surface area contributed by atoms with Crippen LogP contribution in [0.1, 0.15) is 23.0 Å². The molecular formula is C20H21F3N2O5. The van der Waals surface area contributed by atoms with Crippen LogP contribution in [0.15, 0.2) is 35.1 Å². The van der Waals surface area contributed by atoms with Crippen molar-refractivity contribution in [2.45, 2.75) is 13.1 Å². The van der Waals surface area contributed by atoms with Crippen LogP contribution in [0.25, 0.3) is 11.1 Å². The average molecular weight is 426 g/mol. The van der Waals surface area contributed by atoms with E-state index < -0.39 is 28.9 Å². The highest BCUT2D eigenvalue weighted by Gasteiger charge is 2.36. The summed E-state index contributed by atoms with van der Waals surface area (Å²) in [6, 6.07) is 6.68. The Bertz CT molecular complexity index is 962. The molecule has 0 saturated carbocycles. The Hall–Kier alpha value is -2.85. The van der Waals surface area contributed by atoms with E-state index in [4.69, 9.17) is 19.9 Å². The molecule has 1 aliphatic heterocycles. The van der Waals surface area contributed by atoms with E-state index in [0.29, 0.717) is 38.8 Å². The molecule has 0 radical (unpaired) electrons. The maximum absolute atomic E-state index is 13.4. The number of amides is 1. The fourth-order valence-electron chi connectivity index (χ4n) is 3.03. The number of primary amides is 1. The lowest BCUT2D eigenvalue weighted by molar-refractivity contribution is -0.140. The van der Waals surface area contributed by atoms with E-state index in [0.717, 1.165) is 6.07 Å². The molecule has 0 unspecified atom stereocenters. The van der Waals surface area contributed by atoms with Crippen LogP contribution in [-0.4, -0.2) is 43.9 Å². The van der Waals surface area contributed by atoms with E-state index in [1.165, 1.54) is 24.3 Å². The number of alkyl halides is 3. The van der Waals surface area contributed by atoms with Crippen LogP contribution in [0, 0.1) is 5.41 Å². The SMILES string of the molecule is CC1(COc2ccc(-c3cc(C(N)=O)c(=O)[nH]c3C(F)(F)F)cc2)COCCOC1. The molecule has 1 fully saturated rings. The van der Waals surface area contributed by atoms with Gasteiger partial charge in [-0.1, -0.05) is 19.1 Å². The number of nitrogens with one attached hydrogen (secondary N) is 1. The zero-order valence-electron chi connectivity index (χ0n) is 16.2. The van der Waals surface area contributed by atoms with Gasteiger partial charge in [-0.3, -0.25) is 9.59 Å². The lowest BCUT2D eigenvalue weighted by Gasteiger charge is -2.26. The highest BCUT2D eigenvalue weighted by molar-refractivity contribution is 5.93. The number of pyridine rings is 1. The van der Waals surface area contributed by atoms with Gasteiger partial charge in [-0.05, 0) is 23.8 Å². The molecule has 7 nitrogen and oxygen atoms in total. The van der Waals surface area contributed by atoms with Crippen molar-refractivity contribution < 1.29 is 32.2 Å². The van der Waals surface area contributed by atoms with Crippen LogP contribution in [0.4, 0.5) is 13.2 Å². The van der Waals surface area contributed by atoms with Crippen molar-refractivity contribution in [3.63, 3.8) is 0 Å². The van der Waals surface area contributed by atoms with Gasteiger partial charge in [0.1, 0.15) is 17.0 Å². The fraction of sp³-hybridized carbons (Fsp3) is 0.400. The van der Waals surface area contributed by atoms with E-state index in [1.54, 1.807) is 4.98 Å². The van der Waals surface area contributed by atoms with Gasteiger partial charge in [0.15, 0.2) is 0 Å². The smallest absolute Gasteiger partial charge is 0.431 e. The molecule has 0 atom stereocenters. The summed E-state index contributed by atoms with van der Waals surface area (Å²) in [5.74, 6) is -0.676. The molecule has 3 rings (SSSR count). The van der Waals surface area contributed by atoms with Gasteiger partial charge in [-0.15, -0.1) is 0 Å². The largest absolute Gasteiger partial charge is 0.493 e. The quantitative estimate of drug-likeness (QED) is 0.765. The number of nitrogens with two attached hydrogens (primary N) is 1. The number of aromatic amines is 1. The number of benzene rings is 1. The Labute approximate surface area is 169 Å². The standard InChI is InChI=1S/C20H21F3N2O5/c1-19(9-28-6-7-29-10-19)11-30-13-4-2-12(3-5-13)14-8-15(17(24)26)18(27)25-16(14)20(21,22)23/h2-5,8H,6-7,9-11H2,1H3,(H2,24,26)(H,25,27). The van der Waals surface area contributed by atoms with Crippen LogP contribution < -0.4 is 16.0 Å². The first-order valence-electron chi connectivity index (χ1n) is 9.12. The van der Waals surface area contributed by atoms with Crippen LogP contribution in [0.3, 0.4) is 0 Å². The molecule has 162 valence electrons. The predicted molar refractivity (Wildman–Crippen MR) is 101 cm³/mol. The number of carbonyl (C=O) groups is 1. The molecule has 0 bridgehead atoms. The van der Waals surface area contributed by atoms with E-state index >= 15 is 0 Å². The van der Waals surface area contributed by atoms with E-state index in [1.807, 2.05) is 6.92 Å². The minimum Gasteiger partial charge on any atom is -0.493 e. The predicted octanol–water partition coefficient (Wildman–Crippen LogP) is 2.59. The Morgan fingerprint density at radius 3 is 2.33 bits per heavy atom. The minimum absolute atomic E-state index is 0.140. The van der Waals surface area contributed by atoms with Crippen LogP contribution in [0.2, 0.25) is 0 Å². The zero-order chi connectivity index (χ0) is 21.9. The van der Waals surface area contributed by atoms with E-state index in [2.05, 4.69) is 0 Å². The second-order valence-electron chi connectivity index (χ2n) is 7.39. The summed E-state index contributed by atoms with van der Waals surface area (Å²) >= 11 is 0. The van der Waals surface area contributed by atoms with Gasteiger partial charge in [0, 0.05) is 11.0 Å². The number of aromatic nitrogens is 1. The minimum atomic E-state index is -4.83. The third-order valence-electron chi connectivity index (χ3n) is 4.62. The number of carbonyl (C=O) groups excluding carboxylic acids is 1. The fourth-order valence-corrected chi connectivity index (χ4v) is 3.03. The van der Waals surface area contributed by atoms with Gasteiger partial charge >= 0.3 is 6.18 Å². The van der Waals surface area contributed by atoms with Crippen LogP contribution >= 0.6 is 0 Å². The molecule has 0 spiro atoms. The van der Waals surface area contributed by atoms with Gasteiger partial charge in [-0.25, -0.2) is 0 Å². The van der Waals surface area contributed by atoms with Crippen molar-refractivity contribution in [2.24, 2.45) is 11.1 Å². The Balaban J connectivity index is 1.86. The number of ether oxygens (including phenoxy) is 3. The second kappa shape index (κ2) is 8.49. The van der Waals surface area contributed by atoms with Crippen molar-refractivity contribution in [2.75, 3.05) is 33.0 Å². The normalized spacial score (nSPS) is 16.7. The highest BCUT2D eigenvalue weighted by Crippen LogP contribution is 2.36. The van der Waals surface area contributed by atoms with Gasteiger partial charge in [0.2, 0.25) is 0 Å². The number of hydrogen-bond donors (Lipinski definition) is 2. The lowest BCUT2D eigenvalue weighted by atomic mass is 9.94. The Morgan fingerprint density at radius 2 is 1.80 bits per heavy atom. The third kappa shape index (κ3) is 5.00. The third-order valence-corrected chi connectivity index (χ3v) is 4.62. The summed E-state index contributed by atoms with van der Waals surface area (Å²) in [7, 11) is 0. The molecule has 1 aliphatic rings. The number of hydrogen-bond acceptors (Lipinski definition) is 5. The molecule has 1 aromatic carbocycles. The second-order valence-corrected chi connectivity index (χ2v) is 7.39. The molecule has 2 heterocycles.